The van der Waals surface area contributed by atoms with Gasteiger partial charge in [0.15, 0.2) is 0 Å². The minimum atomic E-state index is -1.20. The van der Waals surface area contributed by atoms with Crippen LogP contribution in [0.2, 0.25) is 0 Å². The number of carbonyl (C=O) groups excluding carboxylic acids is 3. The third kappa shape index (κ3) is 7.50. The summed E-state index contributed by atoms with van der Waals surface area (Å²) in [6, 6.07) is 0. The quantitative estimate of drug-likeness (QED) is 0.262. The molecule has 22 heavy (non-hydrogen) atoms. The Hall–Kier alpha value is -2.27. The van der Waals surface area contributed by atoms with Crippen LogP contribution in [0.3, 0.4) is 0 Å². The average Bonchev–Trinajstić information content (AvgIpc) is 3.38. The fourth-order valence-electron chi connectivity index (χ4n) is 1.03. The molecule has 0 saturated carbocycles. The van der Waals surface area contributed by atoms with Crippen molar-refractivity contribution in [2.75, 3.05) is 40.0 Å². The largest absolute Gasteiger partial charge is 0.514 e. The van der Waals surface area contributed by atoms with Crippen LogP contribution >= 0.6 is 0 Å². The van der Waals surface area contributed by atoms with Crippen LogP contribution in [-0.4, -0.2) is 70.7 Å². The molecule has 2 fully saturated rings. The predicted molar refractivity (Wildman–Crippen MR) is 61.6 cm³/mol. The summed E-state index contributed by atoms with van der Waals surface area (Å²) in [6.45, 7) is -0.186. The van der Waals surface area contributed by atoms with Crippen LogP contribution in [0, 0.1) is 0 Å². The van der Waals surface area contributed by atoms with E-state index in [1.54, 1.807) is 0 Å². The van der Waals surface area contributed by atoms with E-state index in [1.165, 1.54) is 0 Å². The van der Waals surface area contributed by atoms with E-state index in [0.717, 1.165) is 0 Å². The normalized spacial score (nSPS) is 21.3. The number of hydrogen-bond acceptors (Lipinski definition) is 11. The van der Waals surface area contributed by atoms with E-state index in [9.17, 15) is 14.4 Å². The minimum absolute atomic E-state index is 0.0745. The number of carbonyl (C=O) groups is 3. The zero-order valence-corrected chi connectivity index (χ0v) is 11.4. The third-order valence-corrected chi connectivity index (χ3v) is 2.29. The molecule has 0 aliphatic carbocycles. The summed E-state index contributed by atoms with van der Waals surface area (Å²) < 4.78 is 36.3. The molecular weight excluding hydrogens is 308 g/mol. The Morgan fingerprint density at radius 2 is 1.00 bits per heavy atom. The summed E-state index contributed by atoms with van der Waals surface area (Å²) >= 11 is 0. The molecule has 2 atom stereocenters. The summed E-state index contributed by atoms with van der Waals surface area (Å²) in [5.41, 5.74) is 0. The van der Waals surface area contributed by atoms with Gasteiger partial charge in [-0.1, -0.05) is 0 Å². The second kappa shape index (κ2) is 8.24. The second-order valence-corrected chi connectivity index (χ2v) is 4.10. The van der Waals surface area contributed by atoms with Crippen LogP contribution in [0.1, 0.15) is 0 Å². The number of rotatable bonds is 8. The van der Waals surface area contributed by atoms with Crippen molar-refractivity contribution in [1.82, 2.24) is 0 Å². The highest BCUT2D eigenvalue weighted by atomic mass is 16.9. The number of epoxide rings is 2. The molecule has 2 unspecified atom stereocenters. The molecule has 11 heteroatoms. The van der Waals surface area contributed by atoms with Gasteiger partial charge in [-0.25, -0.2) is 14.4 Å². The summed E-state index contributed by atoms with van der Waals surface area (Å²) in [7, 11) is 0. The molecule has 2 aliphatic rings. The maximum atomic E-state index is 11.0. The van der Waals surface area contributed by atoms with Crippen LogP contribution in [0.5, 0.6) is 0 Å². The molecule has 0 spiro atoms. The Morgan fingerprint density at radius 1 is 0.682 bits per heavy atom. The lowest BCUT2D eigenvalue weighted by Crippen LogP contribution is -2.19. The molecular formula is C11H14O11. The van der Waals surface area contributed by atoms with Gasteiger partial charge in [-0.3, -0.25) is 0 Å². The van der Waals surface area contributed by atoms with Crippen molar-refractivity contribution in [3.05, 3.63) is 0 Å². The molecule has 2 rings (SSSR count). The molecule has 0 N–H and O–H groups in total. The van der Waals surface area contributed by atoms with E-state index in [-0.39, 0.29) is 25.4 Å². The van der Waals surface area contributed by atoms with Crippen molar-refractivity contribution in [1.29, 1.82) is 0 Å². The van der Waals surface area contributed by atoms with E-state index in [4.69, 9.17) is 9.47 Å². The first kappa shape index (κ1) is 16.1. The molecule has 124 valence electrons. The fraction of sp³-hybridized carbons (Fsp3) is 0.727. The molecule has 0 amide bonds. The van der Waals surface area contributed by atoms with Crippen LogP contribution in [-0.2, 0) is 37.9 Å². The molecule has 11 nitrogen and oxygen atoms in total. The van der Waals surface area contributed by atoms with Crippen molar-refractivity contribution in [2.24, 2.45) is 0 Å². The number of hydrogen-bond donors (Lipinski definition) is 0. The number of ether oxygens (including phenoxy) is 8. The van der Waals surface area contributed by atoms with Gasteiger partial charge in [0.2, 0.25) is 13.6 Å². The topological polar surface area (TPSA) is 132 Å². The van der Waals surface area contributed by atoms with Gasteiger partial charge in [0.25, 0.3) is 0 Å². The first-order chi connectivity index (χ1) is 10.6. The van der Waals surface area contributed by atoms with Crippen molar-refractivity contribution >= 4 is 18.5 Å². The Balaban J connectivity index is 1.39. The van der Waals surface area contributed by atoms with E-state index < -0.39 is 32.1 Å². The highest BCUT2D eigenvalue weighted by Gasteiger charge is 2.25. The summed E-state index contributed by atoms with van der Waals surface area (Å²) in [4.78, 5) is 32.9. The van der Waals surface area contributed by atoms with Crippen molar-refractivity contribution in [2.45, 2.75) is 12.2 Å². The van der Waals surface area contributed by atoms with Crippen LogP contribution in [0.25, 0.3) is 0 Å². The Morgan fingerprint density at radius 3 is 1.32 bits per heavy atom. The van der Waals surface area contributed by atoms with Gasteiger partial charge in [-0.05, 0) is 0 Å². The second-order valence-electron chi connectivity index (χ2n) is 4.10. The van der Waals surface area contributed by atoms with Gasteiger partial charge in [0, 0.05) is 0 Å². The van der Waals surface area contributed by atoms with Gasteiger partial charge in [0.1, 0.15) is 25.4 Å². The highest BCUT2D eigenvalue weighted by Crippen LogP contribution is 2.09. The van der Waals surface area contributed by atoms with Crippen molar-refractivity contribution in [3.8, 4) is 0 Å². The fourth-order valence-corrected chi connectivity index (χ4v) is 1.03. The monoisotopic (exact) mass is 322 g/mol. The molecule has 2 saturated heterocycles. The Labute approximate surface area is 124 Å². The van der Waals surface area contributed by atoms with Gasteiger partial charge in [0.05, 0.1) is 13.2 Å². The average molecular weight is 322 g/mol. The third-order valence-electron chi connectivity index (χ3n) is 2.29. The Bertz CT molecular complexity index is 365. The first-order valence-corrected chi connectivity index (χ1v) is 6.25. The van der Waals surface area contributed by atoms with Gasteiger partial charge in [-0.15, -0.1) is 0 Å². The standard InChI is InChI=1S/C11H14O11/c12-9(17-3-7-1-15-7)19-5-21-11(14)22-6-20-10(13)18-4-8-2-16-8/h7-8H,1-6H2. The lowest BCUT2D eigenvalue weighted by atomic mass is 10.5. The van der Waals surface area contributed by atoms with E-state index in [2.05, 4.69) is 28.4 Å². The molecule has 0 bridgehead atoms. The minimum Gasteiger partial charge on any atom is -0.431 e. The van der Waals surface area contributed by atoms with Gasteiger partial charge < -0.3 is 37.9 Å². The molecule has 2 aliphatic heterocycles. The maximum Gasteiger partial charge on any atom is 0.514 e. The SMILES string of the molecule is O=C(OCOC(=O)OCC1CO1)OCOC(=O)OCC1CO1. The first-order valence-electron chi connectivity index (χ1n) is 6.25. The molecule has 0 aromatic carbocycles. The summed E-state index contributed by atoms with van der Waals surface area (Å²) in [5.74, 6) is 0. The van der Waals surface area contributed by atoms with Crippen LogP contribution in [0.4, 0.5) is 14.4 Å². The zero-order chi connectivity index (χ0) is 15.8. The zero-order valence-electron chi connectivity index (χ0n) is 11.4. The van der Waals surface area contributed by atoms with Crippen molar-refractivity contribution < 1.29 is 52.3 Å². The lowest BCUT2D eigenvalue weighted by molar-refractivity contribution is -0.0681. The molecule has 0 radical (unpaired) electrons. The van der Waals surface area contributed by atoms with Gasteiger partial charge >= 0.3 is 18.5 Å². The summed E-state index contributed by atoms with van der Waals surface area (Å²) in [5, 5.41) is 0. The lowest BCUT2D eigenvalue weighted by Gasteiger charge is -2.07. The van der Waals surface area contributed by atoms with Crippen molar-refractivity contribution in [3.63, 3.8) is 0 Å². The molecule has 2 heterocycles. The molecule has 0 aromatic heterocycles. The molecule has 0 aromatic rings. The van der Waals surface area contributed by atoms with Crippen LogP contribution < -0.4 is 0 Å². The van der Waals surface area contributed by atoms with E-state index >= 15 is 0 Å². The maximum absolute atomic E-state index is 11.0. The predicted octanol–water partition coefficient (Wildman–Crippen LogP) is 0.159. The van der Waals surface area contributed by atoms with Crippen LogP contribution in [0.15, 0.2) is 0 Å². The smallest absolute Gasteiger partial charge is 0.431 e. The van der Waals surface area contributed by atoms with E-state index in [1.807, 2.05) is 0 Å². The highest BCUT2D eigenvalue weighted by molar-refractivity contribution is 5.62. The Kier molecular flexibility index (Phi) is 6.03. The van der Waals surface area contributed by atoms with E-state index in [0.29, 0.717) is 13.2 Å². The van der Waals surface area contributed by atoms with Gasteiger partial charge in [-0.2, -0.15) is 0 Å². The summed E-state index contributed by atoms with van der Waals surface area (Å²) in [6.07, 6.45) is -3.41.